The van der Waals surface area contributed by atoms with Gasteiger partial charge in [0.2, 0.25) is 0 Å². The Hall–Kier alpha value is -2.03. The molecule has 2 aromatic rings. The van der Waals surface area contributed by atoms with Crippen molar-refractivity contribution in [3.05, 3.63) is 47.7 Å². The van der Waals surface area contributed by atoms with Crippen molar-refractivity contribution in [2.45, 2.75) is 19.8 Å². The number of carboxylic acids is 1. The number of rotatable bonds is 4. The van der Waals surface area contributed by atoms with E-state index in [4.69, 9.17) is 9.52 Å². The van der Waals surface area contributed by atoms with Crippen molar-refractivity contribution in [1.82, 2.24) is 0 Å². The summed E-state index contributed by atoms with van der Waals surface area (Å²) < 4.78 is 5.61. The number of carbonyl (C=O) groups is 1. The third-order valence-electron chi connectivity index (χ3n) is 2.55. The first-order chi connectivity index (χ1) is 8.15. The average molecular weight is 230 g/mol. The molecule has 1 aromatic heterocycles. The molecule has 17 heavy (non-hydrogen) atoms. The molecule has 0 atom stereocenters. The van der Waals surface area contributed by atoms with Crippen LogP contribution in [0.2, 0.25) is 0 Å². The van der Waals surface area contributed by atoms with Crippen LogP contribution in [0, 0.1) is 6.92 Å². The van der Waals surface area contributed by atoms with Crippen molar-refractivity contribution >= 4 is 5.97 Å². The van der Waals surface area contributed by atoms with Gasteiger partial charge in [-0.2, -0.15) is 0 Å². The second-order valence-corrected chi connectivity index (χ2v) is 4.03. The zero-order valence-corrected chi connectivity index (χ0v) is 9.64. The van der Waals surface area contributed by atoms with Crippen LogP contribution in [-0.4, -0.2) is 11.1 Å². The molecule has 0 saturated carbocycles. The Morgan fingerprint density at radius 1 is 1.29 bits per heavy atom. The van der Waals surface area contributed by atoms with Crippen LogP contribution in [-0.2, 0) is 11.2 Å². The van der Waals surface area contributed by atoms with E-state index in [2.05, 4.69) is 0 Å². The summed E-state index contributed by atoms with van der Waals surface area (Å²) in [6.45, 7) is 2.03. The van der Waals surface area contributed by atoms with E-state index in [-0.39, 0.29) is 6.42 Å². The summed E-state index contributed by atoms with van der Waals surface area (Å²) in [5.74, 6) is 0.691. The maximum absolute atomic E-state index is 10.5. The van der Waals surface area contributed by atoms with E-state index in [0.717, 1.165) is 11.3 Å². The predicted octanol–water partition coefficient (Wildman–Crippen LogP) is 3.27. The van der Waals surface area contributed by atoms with E-state index in [9.17, 15) is 4.79 Å². The molecular weight excluding hydrogens is 216 g/mol. The van der Waals surface area contributed by atoms with Crippen molar-refractivity contribution in [2.75, 3.05) is 0 Å². The first kappa shape index (κ1) is 11.5. The molecule has 0 radical (unpaired) electrons. The second-order valence-electron chi connectivity index (χ2n) is 4.03. The third kappa shape index (κ3) is 2.97. The first-order valence-electron chi connectivity index (χ1n) is 5.53. The molecule has 0 aliphatic heterocycles. The van der Waals surface area contributed by atoms with E-state index in [1.165, 1.54) is 5.56 Å². The highest BCUT2D eigenvalue weighted by Crippen LogP contribution is 2.23. The minimum atomic E-state index is -0.807. The molecule has 1 N–H and O–H groups in total. The highest BCUT2D eigenvalue weighted by molar-refractivity contribution is 5.67. The van der Waals surface area contributed by atoms with Gasteiger partial charge in [0.15, 0.2) is 0 Å². The van der Waals surface area contributed by atoms with Crippen LogP contribution >= 0.6 is 0 Å². The summed E-state index contributed by atoms with van der Waals surface area (Å²) in [6.07, 6.45) is 0.530. The fraction of sp³-hybridized carbons (Fsp3) is 0.214. The summed E-state index contributed by atoms with van der Waals surface area (Å²) in [4.78, 5) is 10.5. The lowest BCUT2D eigenvalue weighted by molar-refractivity contribution is -0.137. The molecule has 0 spiro atoms. The molecule has 3 heteroatoms. The SMILES string of the molecule is Cc1cccc(-c2ccc(CCC(=O)O)o2)c1. The van der Waals surface area contributed by atoms with E-state index in [0.29, 0.717) is 12.2 Å². The normalized spacial score (nSPS) is 10.4. The van der Waals surface area contributed by atoms with Gasteiger partial charge in [-0.3, -0.25) is 4.79 Å². The first-order valence-corrected chi connectivity index (χ1v) is 5.53. The van der Waals surface area contributed by atoms with Crippen molar-refractivity contribution in [2.24, 2.45) is 0 Å². The Kier molecular flexibility index (Phi) is 3.28. The standard InChI is InChI=1S/C14H14O3/c1-10-3-2-4-11(9-10)13-7-5-12(17-13)6-8-14(15)16/h2-5,7,9H,6,8H2,1H3,(H,15,16). The molecule has 0 saturated heterocycles. The minimum Gasteiger partial charge on any atom is -0.481 e. The molecule has 0 aliphatic rings. The number of aliphatic carboxylic acids is 1. The van der Waals surface area contributed by atoms with E-state index in [1.807, 2.05) is 43.3 Å². The van der Waals surface area contributed by atoms with E-state index >= 15 is 0 Å². The molecule has 0 amide bonds. The van der Waals surface area contributed by atoms with E-state index in [1.54, 1.807) is 0 Å². The quantitative estimate of drug-likeness (QED) is 0.876. The molecular formula is C14H14O3. The predicted molar refractivity (Wildman–Crippen MR) is 64.8 cm³/mol. The monoisotopic (exact) mass is 230 g/mol. The third-order valence-corrected chi connectivity index (χ3v) is 2.55. The van der Waals surface area contributed by atoms with Crippen molar-refractivity contribution < 1.29 is 14.3 Å². The number of benzene rings is 1. The van der Waals surface area contributed by atoms with Gasteiger partial charge < -0.3 is 9.52 Å². The second kappa shape index (κ2) is 4.87. The number of hydrogen-bond donors (Lipinski definition) is 1. The van der Waals surface area contributed by atoms with Crippen LogP contribution in [0.1, 0.15) is 17.7 Å². The van der Waals surface area contributed by atoms with Gasteiger partial charge in [0.05, 0.1) is 6.42 Å². The lowest BCUT2D eigenvalue weighted by Gasteiger charge is -1.98. The van der Waals surface area contributed by atoms with Gasteiger partial charge in [-0.1, -0.05) is 23.8 Å². The lowest BCUT2D eigenvalue weighted by Crippen LogP contribution is -1.96. The summed E-state index contributed by atoms with van der Waals surface area (Å²) >= 11 is 0. The average Bonchev–Trinajstić information content (AvgIpc) is 2.75. The highest BCUT2D eigenvalue weighted by Gasteiger charge is 2.06. The molecule has 0 fully saturated rings. The van der Waals surface area contributed by atoms with Crippen LogP contribution in [0.15, 0.2) is 40.8 Å². The largest absolute Gasteiger partial charge is 0.481 e. The van der Waals surface area contributed by atoms with Crippen LogP contribution in [0.4, 0.5) is 0 Å². The van der Waals surface area contributed by atoms with Crippen molar-refractivity contribution in [3.63, 3.8) is 0 Å². The number of hydrogen-bond acceptors (Lipinski definition) is 2. The van der Waals surface area contributed by atoms with Crippen molar-refractivity contribution in [3.8, 4) is 11.3 Å². The molecule has 1 aromatic carbocycles. The molecule has 2 rings (SSSR count). The van der Waals surface area contributed by atoms with Gasteiger partial charge in [0.25, 0.3) is 0 Å². The Morgan fingerprint density at radius 3 is 2.82 bits per heavy atom. The van der Waals surface area contributed by atoms with Gasteiger partial charge in [-0.15, -0.1) is 0 Å². The van der Waals surface area contributed by atoms with Crippen LogP contribution < -0.4 is 0 Å². The lowest BCUT2D eigenvalue weighted by atomic mass is 10.1. The molecule has 3 nitrogen and oxygen atoms in total. The van der Waals surface area contributed by atoms with Gasteiger partial charge in [-0.25, -0.2) is 0 Å². The van der Waals surface area contributed by atoms with Gasteiger partial charge in [0.1, 0.15) is 11.5 Å². The summed E-state index contributed by atoms with van der Waals surface area (Å²) in [5.41, 5.74) is 2.19. The van der Waals surface area contributed by atoms with Crippen LogP contribution in [0.5, 0.6) is 0 Å². The zero-order valence-electron chi connectivity index (χ0n) is 9.64. The molecule has 88 valence electrons. The van der Waals surface area contributed by atoms with Crippen LogP contribution in [0.3, 0.4) is 0 Å². The molecule has 0 unspecified atom stereocenters. The topological polar surface area (TPSA) is 50.4 Å². The van der Waals surface area contributed by atoms with Crippen molar-refractivity contribution in [1.29, 1.82) is 0 Å². The Bertz CT molecular complexity index is 526. The molecule has 0 aliphatic carbocycles. The number of aryl methyl sites for hydroxylation is 2. The molecule has 0 bridgehead atoms. The Balaban J connectivity index is 2.15. The fourth-order valence-corrected chi connectivity index (χ4v) is 1.70. The van der Waals surface area contributed by atoms with Gasteiger partial charge >= 0.3 is 5.97 Å². The van der Waals surface area contributed by atoms with Crippen LogP contribution in [0.25, 0.3) is 11.3 Å². The summed E-state index contributed by atoms with van der Waals surface area (Å²) in [5, 5.41) is 8.59. The van der Waals surface area contributed by atoms with E-state index < -0.39 is 5.97 Å². The maximum atomic E-state index is 10.5. The fourth-order valence-electron chi connectivity index (χ4n) is 1.70. The Morgan fingerprint density at radius 2 is 2.12 bits per heavy atom. The Labute approximate surface area is 99.7 Å². The minimum absolute atomic E-state index is 0.0980. The molecule has 1 heterocycles. The van der Waals surface area contributed by atoms with Gasteiger partial charge in [-0.05, 0) is 25.1 Å². The number of furan rings is 1. The van der Waals surface area contributed by atoms with Gasteiger partial charge in [0, 0.05) is 12.0 Å². The maximum Gasteiger partial charge on any atom is 0.303 e. The highest BCUT2D eigenvalue weighted by atomic mass is 16.4. The summed E-state index contributed by atoms with van der Waals surface area (Å²) in [7, 11) is 0. The number of carboxylic acid groups (broad SMARTS) is 1. The smallest absolute Gasteiger partial charge is 0.303 e. The summed E-state index contributed by atoms with van der Waals surface area (Å²) in [6, 6.07) is 11.7. The zero-order chi connectivity index (χ0) is 12.3.